The maximum atomic E-state index is 14.4. The number of aryl methyl sites for hydroxylation is 2. The maximum absolute atomic E-state index is 14.4. The Labute approximate surface area is 224 Å². The van der Waals surface area contributed by atoms with E-state index in [1.807, 2.05) is 6.07 Å². The summed E-state index contributed by atoms with van der Waals surface area (Å²) in [5.74, 6) is 1.16. The van der Waals surface area contributed by atoms with E-state index < -0.39 is 0 Å². The summed E-state index contributed by atoms with van der Waals surface area (Å²) in [6.07, 6.45) is 8.76. The molecule has 1 spiro atoms. The minimum absolute atomic E-state index is 0.154. The average molecular weight is 537 g/mol. The number of hydrogen-bond acceptors (Lipinski definition) is 6. The highest BCUT2D eigenvalue weighted by Gasteiger charge is 2.55. The lowest BCUT2D eigenvalue weighted by Crippen LogP contribution is -2.63. The second-order valence-electron chi connectivity index (χ2n) is 11.5. The molecule has 10 heteroatoms. The number of likely N-dealkylation sites (tertiary alicyclic amines) is 1. The van der Waals surface area contributed by atoms with Crippen molar-refractivity contribution in [1.82, 2.24) is 29.3 Å². The van der Waals surface area contributed by atoms with Crippen LogP contribution in [0.5, 0.6) is 0 Å². The Morgan fingerprint density at radius 3 is 2.82 bits per heavy atom. The molecule has 1 atom stereocenters. The Balaban J connectivity index is 1.00. The minimum Gasteiger partial charge on any atom is -0.381 e. The first kappa shape index (κ1) is 24.2. The molecule has 1 aliphatic carbocycles. The zero-order chi connectivity index (χ0) is 26.0. The van der Waals surface area contributed by atoms with Crippen molar-refractivity contribution >= 4 is 28.0 Å². The molecule has 1 aromatic carbocycles. The van der Waals surface area contributed by atoms with E-state index in [0.29, 0.717) is 51.2 Å². The summed E-state index contributed by atoms with van der Waals surface area (Å²) in [5, 5.41) is 14.1. The molecule has 4 aromatic rings. The molecule has 5 heterocycles. The fraction of sp³-hybridized carbons (Fsp3) is 0.500. The second kappa shape index (κ2) is 9.10. The molecule has 0 unspecified atom stereocenters. The summed E-state index contributed by atoms with van der Waals surface area (Å²) in [6.45, 7) is 4.71. The van der Waals surface area contributed by atoms with Gasteiger partial charge in [0.1, 0.15) is 12.1 Å². The Hall–Kier alpha value is -2.88. The number of benzene rings is 1. The van der Waals surface area contributed by atoms with Crippen molar-refractivity contribution in [3.8, 4) is 0 Å². The number of aromatic nitrogens is 5. The summed E-state index contributed by atoms with van der Waals surface area (Å²) in [5.41, 5.74) is 2.80. The Kier molecular flexibility index (Phi) is 5.79. The van der Waals surface area contributed by atoms with Crippen molar-refractivity contribution in [2.75, 3.05) is 32.8 Å². The third kappa shape index (κ3) is 3.94. The van der Waals surface area contributed by atoms with Crippen LogP contribution in [0.2, 0.25) is 5.02 Å². The molecule has 3 aromatic heterocycles. The summed E-state index contributed by atoms with van der Waals surface area (Å²) in [4.78, 5) is 15.3. The second-order valence-corrected chi connectivity index (χ2v) is 12.0. The molecule has 0 N–H and O–H groups in total. The predicted molar refractivity (Wildman–Crippen MR) is 142 cm³/mol. The van der Waals surface area contributed by atoms with E-state index in [1.165, 1.54) is 35.6 Å². The maximum Gasteiger partial charge on any atom is 0.275 e. The van der Waals surface area contributed by atoms with E-state index in [1.54, 1.807) is 23.7 Å². The van der Waals surface area contributed by atoms with Gasteiger partial charge in [0.05, 0.1) is 29.8 Å². The first-order valence-corrected chi connectivity index (χ1v) is 13.7. The molecule has 1 saturated carbocycles. The lowest BCUT2D eigenvalue weighted by molar-refractivity contribution is -0.127. The van der Waals surface area contributed by atoms with Gasteiger partial charge in [-0.05, 0) is 72.7 Å². The molecule has 198 valence electrons. The predicted octanol–water partition coefficient (Wildman–Crippen LogP) is 3.84. The van der Waals surface area contributed by atoms with Crippen LogP contribution in [0.4, 0.5) is 4.39 Å². The smallest absolute Gasteiger partial charge is 0.275 e. The van der Waals surface area contributed by atoms with Crippen LogP contribution in [0.15, 0.2) is 41.7 Å². The molecular weight excluding hydrogens is 507 g/mol. The zero-order valence-corrected chi connectivity index (χ0v) is 22.1. The number of halogens is 2. The molecule has 0 radical (unpaired) electrons. The molecule has 8 nitrogen and oxygen atoms in total. The summed E-state index contributed by atoms with van der Waals surface area (Å²) in [7, 11) is 1.66. The number of ether oxygens (including phenoxy) is 1. The van der Waals surface area contributed by atoms with E-state index in [-0.39, 0.29) is 11.4 Å². The zero-order valence-electron chi connectivity index (χ0n) is 21.3. The lowest BCUT2D eigenvalue weighted by Gasteiger charge is -2.62. The highest BCUT2D eigenvalue weighted by Crippen LogP contribution is 2.59. The molecule has 3 aliphatic rings. The van der Waals surface area contributed by atoms with Crippen LogP contribution in [-0.2, 0) is 18.2 Å². The quantitative estimate of drug-likeness (QED) is 0.357. The monoisotopic (exact) mass is 536 g/mol. The summed E-state index contributed by atoms with van der Waals surface area (Å²) >= 11 is 6.47. The van der Waals surface area contributed by atoms with Gasteiger partial charge in [0, 0.05) is 37.6 Å². The van der Waals surface area contributed by atoms with Gasteiger partial charge in [-0.15, -0.1) is 10.2 Å². The van der Waals surface area contributed by atoms with E-state index >= 15 is 0 Å². The van der Waals surface area contributed by atoms with Crippen LogP contribution >= 0.6 is 11.6 Å². The van der Waals surface area contributed by atoms with Crippen LogP contribution in [0.1, 0.15) is 36.3 Å². The fourth-order valence-corrected chi connectivity index (χ4v) is 7.41. The molecular formula is C28H30ClFN6O2. The third-order valence-electron chi connectivity index (χ3n) is 9.03. The van der Waals surface area contributed by atoms with Crippen LogP contribution < -0.4 is 5.56 Å². The van der Waals surface area contributed by atoms with Gasteiger partial charge in [0.25, 0.3) is 5.56 Å². The van der Waals surface area contributed by atoms with Gasteiger partial charge in [-0.3, -0.25) is 9.20 Å². The van der Waals surface area contributed by atoms with E-state index in [0.717, 1.165) is 44.7 Å². The Morgan fingerprint density at radius 1 is 1.24 bits per heavy atom. The van der Waals surface area contributed by atoms with Crippen LogP contribution in [-0.4, -0.2) is 62.1 Å². The highest BCUT2D eigenvalue weighted by atomic mass is 35.5. The summed E-state index contributed by atoms with van der Waals surface area (Å²) in [6, 6.07) is 5.77. The van der Waals surface area contributed by atoms with Crippen molar-refractivity contribution in [1.29, 1.82) is 0 Å². The molecule has 0 amide bonds. The van der Waals surface area contributed by atoms with Gasteiger partial charge in [0.15, 0.2) is 5.65 Å². The number of fused-ring (bicyclic) bond motifs is 2. The number of pyridine rings is 1. The third-order valence-corrected chi connectivity index (χ3v) is 9.34. The molecule has 2 aliphatic heterocycles. The van der Waals surface area contributed by atoms with Crippen LogP contribution in [0.25, 0.3) is 16.4 Å². The van der Waals surface area contributed by atoms with E-state index in [2.05, 4.69) is 26.3 Å². The van der Waals surface area contributed by atoms with Gasteiger partial charge < -0.3 is 9.64 Å². The molecule has 7 rings (SSSR count). The first-order chi connectivity index (χ1) is 18.4. The van der Waals surface area contributed by atoms with Gasteiger partial charge in [-0.1, -0.05) is 17.7 Å². The molecule has 2 saturated heterocycles. The van der Waals surface area contributed by atoms with Gasteiger partial charge in [-0.2, -0.15) is 5.10 Å². The summed E-state index contributed by atoms with van der Waals surface area (Å²) < 4.78 is 23.0. The SMILES string of the molecule is Cn1ncc2c([C@H](C3COC3)C3CC4(C3)CN(CCCc3cc5nncn5cc3F)C4)ccc(Cl)c2c1=O. The topological polar surface area (TPSA) is 77.6 Å². The van der Waals surface area contributed by atoms with Crippen LogP contribution in [0.3, 0.4) is 0 Å². The largest absolute Gasteiger partial charge is 0.381 e. The molecule has 0 bridgehead atoms. The standard InChI is InChI=1S/C28H30ClFN6O2/c1-34-27(37)26-21(10-32-34)20(4-5-22(26)29)25(19-12-38-13-19)18-8-28(9-18)14-35(15-28)6-2-3-17-7-24-33-31-16-36(24)11-23(17)30/h4-5,7,10-11,16,18-19,25H,2-3,6,8-9,12-15H2,1H3/t25-/m0/s1. The van der Waals surface area contributed by atoms with Gasteiger partial charge in [-0.25, -0.2) is 9.07 Å². The van der Waals surface area contributed by atoms with Gasteiger partial charge in [0.2, 0.25) is 0 Å². The molecule has 3 fully saturated rings. The number of rotatable bonds is 7. The molecule has 38 heavy (non-hydrogen) atoms. The van der Waals surface area contributed by atoms with E-state index in [9.17, 15) is 9.18 Å². The van der Waals surface area contributed by atoms with Crippen molar-refractivity contribution in [2.45, 2.75) is 31.6 Å². The average Bonchev–Trinajstić information content (AvgIpc) is 3.26. The number of nitrogens with zero attached hydrogens (tertiary/aromatic N) is 6. The Bertz CT molecular complexity index is 1580. The van der Waals surface area contributed by atoms with Crippen LogP contribution in [0, 0.1) is 23.1 Å². The van der Waals surface area contributed by atoms with Crippen molar-refractivity contribution < 1.29 is 9.13 Å². The van der Waals surface area contributed by atoms with Crippen molar-refractivity contribution in [2.24, 2.45) is 24.3 Å². The number of hydrogen-bond donors (Lipinski definition) is 0. The van der Waals surface area contributed by atoms with Crippen molar-refractivity contribution in [3.05, 3.63) is 69.2 Å². The van der Waals surface area contributed by atoms with Gasteiger partial charge >= 0.3 is 0 Å². The van der Waals surface area contributed by atoms with Crippen molar-refractivity contribution in [3.63, 3.8) is 0 Å². The fourth-order valence-electron chi connectivity index (χ4n) is 7.16. The lowest BCUT2D eigenvalue weighted by atomic mass is 9.52. The Morgan fingerprint density at radius 2 is 2.05 bits per heavy atom. The minimum atomic E-state index is -0.201. The normalized spacial score (nSPS) is 20.5. The first-order valence-electron chi connectivity index (χ1n) is 13.3. The highest BCUT2D eigenvalue weighted by molar-refractivity contribution is 6.35. The van der Waals surface area contributed by atoms with E-state index in [4.69, 9.17) is 16.3 Å².